The highest BCUT2D eigenvalue weighted by atomic mass is 32.1. The van der Waals surface area contributed by atoms with Gasteiger partial charge in [0, 0.05) is 32.4 Å². The first-order valence-corrected chi connectivity index (χ1v) is 10.4. The van der Waals surface area contributed by atoms with Crippen molar-refractivity contribution >= 4 is 29.0 Å². The van der Waals surface area contributed by atoms with Gasteiger partial charge in [-0.1, -0.05) is 12.1 Å². The molecule has 0 saturated heterocycles. The molecule has 1 heterocycles. The number of methoxy groups -OCH3 is 1. The lowest BCUT2D eigenvalue weighted by Gasteiger charge is -2.11. The molecule has 0 aliphatic heterocycles. The number of H-pyrrole nitrogens is 1. The van der Waals surface area contributed by atoms with E-state index in [-0.39, 0.29) is 28.5 Å². The zero-order valence-electron chi connectivity index (χ0n) is 17.7. The summed E-state index contributed by atoms with van der Waals surface area (Å²) < 4.78 is 48.0. The van der Waals surface area contributed by atoms with Gasteiger partial charge in [-0.25, -0.2) is 0 Å². The second kappa shape index (κ2) is 10.6. The molecule has 176 valence electrons. The first kappa shape index (κ1) is 24.5. The number of aromatic amines is 1. The van der Waals surface area contributed by atoms with E-state index in [0.29, 0.717) is 41.6 Å². The van der Waals surface area contributed by atoms with Crippen LogP contribution in [0.3, 0.4) is 0 Å². The lowest BCUT2D eigenvalue weighted by atomic mass is 10.1. The van der Waals surface area contributed by atoms with Gasteiger partial charge in [-0.15, -0.1) is 0 Å². The predicted octanol–water partition coefficient (Wildman–Crippen LogP) is 3.97. The van der Waals surface area contributed by atoms with Gasteiger partial charge in [-0.2, -0.15) is 13.2 Å². The van der Waals surface area contributed by atoms with Crippen LogP contribution in [0.2, 0.25) is 0 Å². The quantitative estimate of drug-likeness (QED) is 0.357. The van der Waals surface area contributed by atoms with Crippen LogP contribution in [0, 0.1) is 4.77 Å². The Morgan fingerprint density at radius 3 is 2.58 bits per heavy atom. The van der Waals surface area contributed by atoms with E-state index < -0.39 is 12.8 Å². The molecule has 1 amide bonds. The summed E-state index contributed by atoms with van der Waals surface area (Å²) in [6.07, 6.45) is -3.78. The number of ether oxygens (including phenoxy) is 2. The van der Waals surface area contributed by atoms with Crippen LogP contribution in [0.25, 0.3) is 10.9 Å². The molecule has 0 aliphatic carbocycles. The van der Waals surface area contributed by atoms with Gasteiger partial charge in [-0.3, -0.25) is 14.2 Å². The van der Waals surface area contributed by atoms with Gasteiger partial charge in [0.15, 0.2) is 11.4 Å². The van der Waals surface area contributed by atoms with Crippen molar-refractivity contribution in [1.29, 1.82) is 0 Å². The summed E-state index contributed by atoms with van der Waals surface area (Å²) in [5, 5.41) is 3.14. The van der Waals surface area contributed by atoms with E-state index in [4.69, 9.17) is 17.0 Å². The number of benzene rings is 2. The largest absolute Gasteiger partial charge is 0.484 e. The fourth-order valence-electron chi connectivity index (χ4n) is 3.12. The zero-order chi connectivity index (χ0) is 24.0. The minimum absolute atomic E-state index is 0.0834. The van der Waals surface area contributed by atoms with Gasteiger partial charge in [0.2, 0.25) is 0 Å². The molecule has 0 bridgehead atoms. The van der Waals surface area contributed by atoms with E-state index in [1.165, 1.54) is 16.7 Å². The molecular weight excluding hydrogens is 459 g/mol. The SMILES string of the molecule is COCCCn1c(=S)[nH]c2cc(C(=O)NCc3ccc(OCC(F)(F)F)cc3)ccc2c1=O. The maximum Gasteiger partial charge on any atom is 0.422 e. The van der Waals surface area contributed by atoms with Gasteiger partial charge in [0.25, 0.3) is 11.5 Å². The summed E-state index contributed by atoms with van der Waals surface area (Å²) in [6, 6.07) is 10.6. The minimum atomic E-state index is -4.41. The normalized spacial score (nSPS) is 11.5. The number of carbonyl (C=O) groups excluding carboxylic acids is 1. The molecule has 1 aromatic heterocycles. The van der Waals surface area contributed by atoms with E-state index in [0.717, 1.165) is 0 Å². The molecule has 0 fully saturated rings. The van der Waals surface area contributed by atoms with Crippen LogP contribution >= 0.6 is 12.2 Å². The molecule has 0 atom stereocenters. The lowest BCUT2D eigenvalue weighted by Crippen LogP contribution is -2.24. The molecule has 11 heteroatoms. The Hall–Kier alpha value is -3.18. The van der Waals surface area contributed by atoms with Crippen molar-refractivity contribution in [3.63, 3.8) is 0 Å². The van der Waals surface area contributed by atoms with Gasteiger partial charge < -0.3 is 19.8 Å². The third-order valence-corrected chi connectivity index (χ3v) is 5.08. The number of hydrogen-bond acceptors (Lipinski definition) is 5. The molecule has 0 aliphatic rings. The summed E-state index contributed by atoms with van der Waals surface area (Å²) in [4.78, 5) is 28.3. The summed E-state index contributed by atoms with van der Waals surface area (Å²) >= 11 is 5.28. The maximum atomic E-state index is 12.7. The second-order valence-electron chi connectivity index (χ2n) is 7.22. The van der Waals surface area contributed by atoms with Crippen molar-refractivity contribution in [2.45, 2.75) is 25.7 Å². The van der Waals surface area contributed by atoms with Crippen LogP contribution in [0.4, 0.5) is 13.2 Å². The van der Waals surface area contributed by atoms with E-state index in [1.54, 1.807) is 37.4 Å². The second-order valence-corrected chi connectivity index (χ2v) is 7.61. The van der Waals surface area contributed by atoms with E-state index in [2.05, 4.69) is 15.0 Å². The number of fused-ring (bicyclic) bond motifs is 1. The Morgan fingerprint density at radius 1 is 1.18 bits per heavy atom. The van der Waals surface area contributed by atoms with Crippen molar-refractivity contribution in [1.82, 2.24) is 14.9 Å². The zero-order valence-corrected chi connectivity index (χ0v) is 18.5. The van der Waals surface area contributed by atoms with Crippen LogP contribution in [0.15, 0.2) is 47.3 Å². The van der Waals surface area contributed by atoms with Gasteiger partial charge >= 0.3 is 6.18 Å². The Morgan fingerprint density at radius 2 is 1.91 bits per heavy atom. The molecule has 0 saturated carbocycles. The van der Waals surface area contributed by atoms with E-state index in [9.17, 15) is 22.8 Å². The Labute approximate surface area is 192 Å². The molecule has 0 radical (unpaired) electrons. The van der Waals surface area contributed by atoms with Crippen molar-refractivity contribution in [2.75, 3.05) is 20.3 Å². The highest BCUT2D eigenvalue weighted by Crippen LogP contribution is 2.19. The van der Waals surface area contributed by atoms with E-state index in [1.807, 2.05) is 0 Å². The maximum absolute atomic E-state index is 12.7. The average molecular weight is 481 g/mol. The van der Waals surface area contributed by atoms with Crippen molar-refractivity contribution < 1.29 is 27.4 Å². The standard InChI is InChI=1S/C22H22F3N3O4S/c1-31-10-2-9-28-20(30)17-8-5-15(11-18(17)27-21(28)33)19(29)26-12-14-3-6-16(7-4-14)32-13-22(23,24)25/h3-8,11H,2,9-10,12-13H2,1H3,(H,26,29)(H,27,33). The number of nitrogens with zero attached hydrogens (tertiary/aromatic N) is 1. The fraction of sp³-hybridized carbons (Fsp3) is 0.318. The van der Waals surface area contributed by atoms with Crippen LogP contribution in [0.5, 0.6) is 5.75 Å². The van der Waals surface area contributed by atoms with Crippen LogP contribution in [-0.4, -0.2) is 42.0 Å². The highest BCUT2D eigenvalue weighted by Gasteiger charge is 2.28. The Bertz CT molecular complexity index is 1240. The first-order chi connectivity index (χ1) is 15.7. The van der Waals surface area contributed by atoms with Gasteiger partial charge in [0.05, 0.1) is 10.9 Å². The summed E-state index contributed by atoms with van der Waals surface area (Å²) in [5.41, 5.74) is 1.22. The molecule has 2 N–H and O–H groups in total. The summed E-state index contributed by atoms with van der Waals surface area (Å²) in [5.74, 6) is -0.294. The van der Waals surface area contributed by atoms with Crippen molar-refractivity contribution in [2.24, 2.45) is 0 Å². The summed E-state index contributed by atoms with van der Waals surface area (Å²) in [7, 11) is 1.58. The molecule has 0 unspecified atom stereocenters. The number of carbonyl (C=O) groups is 1. The highest BCUT2D eigenvalue weighted by molar-refractivity contribution is 7.71. The predicted molar refractivity (Wildman–Crippen MR) is 119 cm³/mol. The average Bonchev–Trinajstić information content (AvgIpc) is 2.78. The van der Waals surface area contributed by atoms with Crippen molar-refractivity contribution in [3.8, 4) is 5.75 Å². The van der Waals surface area contributed by atoms with Crippen LogP contribution < -0.4 is 15.6 Å². The topological polar surface area (TPSA) is 85.3 Å². The smallest absolute Gasteiger partial charge is 0.422 e. The van der Waals surface area contributed by atoms with E-state index >= 15 is 0 Å². The molecule has 7 nitrogen and oxygen atoms in total. The monoisotopic (exact) mass is 481 g/mol. The lowest BCUT2D eigenvalue weighted by molar-refractivity contribution is -0.153. The number of amides is 1. The third-order valence-electron chi connectivity index (χ3n) is 4.75. The minimum Gasteiger partial charge on any atom is -0.484 e. The number of rotatable bonds is 9. The molecule has 0 spiro atoms. The van der Waals surface area contributed by atoms with Crippen LogP contribution in [0.1, 0.15) is 22.3 Å². The van der Waals surface area contributed by atoms with Crippen LogP contribution in [-0.2, 0) is 17.8 Å². The Kier molecular flexibility index (Phi) is 7.88. The number of alkyl halides is 3. The molecule has 3 rings (SSSR count). The molecule has 3 aromatic rings. The summed E-state index contributed by atoms with van der Waals surface area (Å²) in [6.45, 7) is -0.290. The van der Waals surface area contributed by atoms with Gasteiger partial charge in [-0.05, 0) is 54.5 Å². The molecule has 2 aromatic carbocycles. The molecular formula is C22H22F3N3O4S. The number of aromatic nitrogens is 2. The fourth-order valence-corrected chi connectivity index (χ4v) is 3.40. The Balaban J connectivity index is 1.67. The number of nitrogens with one attached hydrogen (secondary N) is 2. The van der Waals surface area contributed by atoms with Gasteiger partial charge in [0.1, 0.15) is 5.75 Å². The third kappa shape index (κ3) is 6.65. The van der Waals surface area contributed by atoms with Crippen molar-refractivity contribution in [3.05, 3.63) is 68.7 Å². The first-order valence-electron chi connectivity index (χ1n) is 10.0. The molecule has 33 heavy (non-hydrogen) atoms. The number of hydrogen-bond donors (Lipinski definition) is 2. The number of halogens is 3.